The number of carbonyl (C=O) groups is 1. The third kappa shape index (κ3) is 3.02. The minimum atomic E-state index is -1.04. The molecule has 1 atom stereocenters. The molecule has 136 valence electrons. The summed E-state index contributed by atoms with van der Waals surface area (Å²) < 4.78 is 1.42. The van der Waals surface area contributed by atoms with Gasteiger partial charge in [0.1, 0.15) is 5.69 Å². The van der Waals surface area contributed by atoms with E-state index in [1.54, 1.807) is 11.3 Å². The fourth-order valence-corrected chi connectivity index (χ4v) is 5.03. The van der Waals surface area contributed by atoms with Crippen LogP contribution in [-0.4, -0.2) is 27.2 Å². The first-order chi connectivity index (χ1) is 12.4. The van der Waals surface area contributed by atoms with Crippen molar-refractivity contribution in [3.8, 4) is 10.6 Å². The molecule has 0 bridgehead atoms. The molecular weight excluding hydrogens is 370 g/mol. The highest BCUT2D eigenvalue weighted by Gasteiger charge is 2.24. The van der Waals surface area contributed by atoms with Crippen LogP contribution in [0, 0.1) is 5.92 Å². The lowest BCUT2D eigenvalue weighted by atomic mass is 9.96. The summed E-state index contributed by atoms with van der Waals surface area (Å²) in [7, 11) is 0. The number of fused-ring (bicyclic) bond motifs is 2. The van der Waals surface area contributed by atoms with Gasteiger partial charge >= 0.3 is 5.97 Å². The van der Waals surface area contributed by atoms with Gasteiger partial charge in [0.25, 0.3) is 0 Å². The molecule has 3 aromatic heterocycles. The molecule has 26 heavy (non-hydrogen) atoms. The molecule has 0 fully saturated rings. The summed E-state index contributed by atoms with van der Waals surface area (Å²) in [4.78, 5) is 13.9. The van der Waals surface area contributed by atoms with Crippen LogP contribution >= 0.6 is 22.9 Å². The second-order valence-corrected chi connectivity index (χ2v) is 8.58. The summed E-state index contributed by atoms with van der Waals surface area (Å²) in [6, 6.07) is 7.78. The van der Waals surface area contributed by atoms with Gasteiger partial charge < -0.3 is 10.4 Å². The van der Waals surface area contributed by atoms with Crippen molar-refractivity contribution in [1.29, 1.82) is 0 Å². The molecule has 7 heteroatoms. The normalized spacial score (nSPS) is 17.0. The van der Waals surface area contributed by atoms with Crippen LogP contribution in [0.15, 0.2) is 24.3 Å². The molecule has 0 aliphatic carbocycles. The lowest BCUT2D eigenvalue weighted by Crippen LogP contribution is -2.29. The fraction of sp³-hybridized carbons (Fsp3) is 0.368. The Kier molecular flexibility index (Phi) is 4.50. The maximum absolute atomic E-state index is 11.5. The van der Waals surface area contributed by atoms with E-state index in [1.807, 2.05) is 12.1 Å². The standard InChI is InChI=1S/C19H20ClN3O2S/c1-10(2)7-14-18-11(5-6-21-14)8-17(26-18)13-3-4-15-12(20)9-16(19(24)25)23(15)22-13/h3-4,8-10,14,21H,5-7H2,1-2H3,(H,24,25). The van der Waals surface area contributed by atoms with E-state index in [9.17, 15) is 9.90 Å². The molecule has 4 heterocycles. The highest BCUT2D eigenvalue weighted by atomic mass is 35.5. The lowest BCUT2D eigenvalue weighted by molar-refractivity contribution is 0.0688. The van der Waals surface area contributed by atoms with Crippen molar-refractivity contribution in [2.45, 2.75) is 32.7 Å². The second-order valence-electron chi connectivity index (χ2n) is 7.08. The van der Waals surface area contributed by atoms with Gasteiger partial charge in [0.2, 0.25) is 0 Å². The van der Waals surface area contributed by atoms with Crippen molar-refractivity contribution in [1.82, 2.24) is 14.9 Å². The van der Waals surface area contributed by atoms with Crippen molar-refractivity contribution in [2.75, 3.05) is 6.54 Å². The summed E-state index contributed by atoms with van der Waals surface area (Å²) in [6.07, 6.45) is 2.12. The van der Waals surface area contributed by atoms with Crippen molar-refractivity contribution < 1.29 is 9.90 Å². The van der Waals surface area contributed by atoms with E-state index in [4.69, 9.17) is 11.6 Å². The van der Waals surface area contributed by atoms with Crippen LogP contribution in [-0.2, 0) is 6.42 Å². The minimum Gasteiger partial charge on any atom is -0.477 e. The second kappa shape index (κ2) is 6.68. The largest absolute Gasteiger partial charge is 0.477 e. The highest BCUT2D eigenvalue weighted by Crippen LogP contribution is 2.39. The van der Waals surface area contributed by atoms with Gasteiger partial charge in [-0.15, -0.1) is 11.3 Å². The summed E-state index contributed by atoms with van der Waals surface area (Å²) in [5.41, 5.74) is 2.83. The molecule has 1 aliphatic rings. The first-order valence-corrected chi connectivity index (χ1v) is 9.91. The first-order valence-electron chi connectivity index (χ1n) is 8.72. The van der Waals surface area contributed by atoms with Crippen molar-refractivity contribution in [3.05, 3.63) is 45.4 Å². The number of rotatable bonds is 4. The molecule has 3 aromatic rings. The number of halogens is 1. The summed E-state index contributed by atoms with van der Waals surface area (Å²) >= 11 is 7.89. The Morgan fingerprint density at radius 2 is 2.27 bits per heavy atom. The van der Waals surface area contributed by atoms with Crippen molar-refractivity contribution >= 4 is 34.4 Å². The van der Waals surface area contributed by atoms with Gasteiger partial charge in [-0.25, -0.2) is 9.31 Å². The van der Waals surface area contributed by atoms with Crippen LogP contribution in [0.1, 0.15) is 47.2 Å². The minimum absolute atomic E-state index is 0.0764. The maximum Gasteiger partial charge on any atom is 0.354 e. The average molecular weight is 390 g/mol. The summed E-state index contributed by atoms with van der Waals surface area (Å²) in [5.74, 6) is -0.415. The summed E-state index contributed by atoms with van der Waals surface area (Å²) in [5, 5.41) is 18.0. The smallest absolute Gasteiger partial charge is 0.354 e. The molecule has 0 radical (unpaired) electrons. The van der Waals surface area contributed by atoms with E-state index in [0.717, 1.165) is 30.0 Å². The number of thiophene rings is 1. The fourth-order valence-electron chi connectivity index (χ4n) is 3.52. The van der Waals surface area contributed by atoms with Crippen molar-refractivity contribution in [3.63, 3.8) is 0 Å². The zero-order valence-corrected chi connectivity index (χ0v) is 16.2. The Hall–Kier alpha value is -1.89. The quantitative estimate of drug-likeness (QED) is 0.681. The maximum atomic E-state index is 11.5. The monoisotopic (exact) mass is 389 g/mol. The number of hydrogen-bond donors (Lipinski definition) is 2. The van der Waals surface area contributed by atoms with Gasteiger partial charge in [-0.05, 0) is 55.1 Å². The molecule has 2 N–H and O–H groups in total. The zero-order chi connectivity index (χ0) is 18.4. The van der Waals surface area contributed by atoms with Gasteiger partial charge in [0.15, 0.2) is 5.69 Å². The topological polar surface area (TPSA) is 66.6 Å². The molecule has 4 rings (SSSR count). The molecule has 0 spiro atoms. The molecule has 0 saturated heterocycles. The third-order valence-electron chi connectivity index (χ3n) is 4.69. The molecule has 0 aromatic carbocycles. The summed E-state index contributed by atoms with van der Waals surface area (Å²) in [6.45, 7) is 5.47. The van der Waals surface area contributed by atoms with E-state index >= 15 is 0 Å². The highest BCUT2D eigenvalue weighted by molar-refractivity contribution is 7.15. The van der Waals surface area contributed by atoms with E-state index in [1.165, 1.54) is 21.0 Å². The van der Waals surface area contributed by atoms with E-state index in [-0.39, 0.29) is 5.69 Å². The predicted octanol–water partition coefficient (Wildman–Crippen LogP) is 4.65. The Morgan fingerprint density at radius 3 is 3.00 bits per heavy atom. The van der Waals surface area contributed by atoms with Crippen LogP contribution in [0.3, 0.4) is 0 Å². The first kappa shape index (κ1) is 17.5. The van der Waals surface area contributed by atoms with Gasteiger partial charge in [-0.3, -0.25) is 0 Å². The lowest BCUT2D eigenvalue weighted by Gasteiger charge is -2.25. The zero-order valence-electron chi connectivity index (χ0n) is 14.6. The van der Waals surface area contributed by atoms with Crippen LogP contribution in [0.4, 0.5) is 0 Å². The van der Waals surface area contributed by atoms with E-state index < -0.39 is 5.97 Å². The van der Waals surface area contributed by atoms with Gasteiger partial charge in [-0.1, -0.05) is 25.4 Å². The third-order valence-corrected chi connectivity index (χ3v) is 6.31. The van der Waals surface area contributed by atoms with Gasteiger partial charge in [0.05, 0.1) is 15.4 Å². The van der Waals surface area contributed by atoms with Gasteiger partial charge in [-0.2, -0.15) is 5.10 Å². The average Bonchev–Trinajstić information content (AvgIpc) is 3.16. The molecule has 0 amide bonds. The molecule has 0 saturated carbocycles. The van der Waals surface area contributed by atoms with Crippen LogP contribution in [0.5, 0.6) is 0 Å². The van der Waals surface area contributed by atoms with E-state index in [2.05, 4.69) is 30.3 Å². The predicted molar refractivity (Wildman–Crippen MR) is 104 cm³/mol. The Morgan fingerprint density at radius 1 is 1.46 bits per heavy atom. The van der Waals surface area contributed by atoms with Crippen LogP contribution in [0.25, 0.3) is 16.1 Å². The molecule has 1 aliphatic heterocycles. The number of carboxylic acid groups (broad SMARTS) is 1. The molecular formula is C19H20ClN3O2S. The Bertz CT molecular complexity index is 992. The van der Waals surface area contributed by atoms with Crippen LogP contribution in [0.2, 0.25) is 5.02 Å². The number of nitrogens with zero attached hydrogens (tertiary/aromatic N) is 2. The number of carboxylic acids is 1. The van der Waals surface area contributed by atoms with E-state index in [0.29, 0.717) is 22.5 Å². The molecule has 5 nitrogen and oxygen atoms in total. The Labute approximate surface area is 160 Å². The van der Waals surface area contributed by atoms with Gasteiger partial charge in [0, 0.05) is 10.9 Å². The number of aromatic nitrogens is 2. The number of aromatic carboxylic acids is 1. The SMILES string of the molecule is CC(C)CC1NCCc2cc(-c3ccc4c(Cl)cc(C(=O)O)n4n3)sc21. The van der Waals surface area contributed by atoms with Crippen molar-refractivity contribution in [2.24, 2.45) is 5.92 Å². The number of nitrogens with one attached hydrogen (secondary N) is 1. The molecule has 1 unspecified atom stereocenters. The Balaban J connectivity index is 1.78. The number of hydrogen-bond acceptors (Lipinski definition) is 4. The van der Waals surface area contributed by atoms with Crippen LogP contribution < -0.4 is 5.32 Å².